The van der Waals surface area contributed by atoms with Crippen molar-refractivity contribution in [1.29, 1.82) is 0 Å². The fourth-order valence-corrected chi connectivity index (χ4v) is 2.83. The maximum Gasteiger partial charge on any atom is 0.344 e. The summed E-state index contributed by atoms with van der Waals surface area (Å²) in [5.41, 5.74) is 0.145. The SMILES string of the molecule is CCOC(=O)COc1ccc(CCNC(=O)N2CCC(C)(C(=O)O)C2)cc1. The Morgan fingerprint density at radius 1 is 1.26 bits per heavy atom. The van der Waals surface area contributed by atoms with E-state index in [1.807, 2.05) is 12.1 Å². The van der Waals surface area contributed by atoms with Gasteiger partial charge in [0.05, 0.1) is 12.0 Å². The molecule has 0 aliphatic carbocycles. The van der Waals surface area contributed by atoms with Crippen molar-refractivity contribution in [1.82, 2.24) is 10.2 Å². The molecule has 1 aliphatic heterocycles. The van der Waals surface area contributed by atoms with Crippen LogP contribution in [-0.4, -0.2) is 60.8 Å². The van der Waals surface area contributed by atoms with Crippen LogP contribution in [0.15, 0.2) is 24.3 Å². The maximum absolute atomic E-state index is 12.2. The molecule has 1 heterocycles. The summed E-state index contributed by atoms with van der Waals surface area (Å²) in [5, 5.41) is 12.0. The molecule has 2 N–H and O–H groups in total. The van der Waals surface area contributed by atoms with Gasteiger partial charge in [0.2, 0.25) is 0 Å². The Balaban J connectivity index is 1.72. The second kappa shape index (κ2) is 9.25. The van der Waals surface area contributed by atoms with Crippen LogP contribution >= 0.6 is 0 Å². The first kappa shape index (κ1) is 20.5. The lowest BCUT2D eigenvalue weighted by Crippen LogP contribution is -2.41. The standard InChI is InChI=1S/C19H26N2O6/c1-3-26-16(22)12-27-15-6-4-14(5-7-15)8-10-20-18(25)21-11-9-19(2,13-21)17(23)24/h4-7H,3,8-13H2,1-2H3,(H,20,25)(H,23,24). The summed E-state index contributed by atoms with van der Waals surface area (Å²) in [5.74, 6) is -0.714. The fourth-order valence-electron chi connectivity index (χ4n) is 2.83. The van der Waals surface area contributed by atoms with Crippen molar-refractivity contribution in [3.8, 4) is 5.75 Å². The third kappa shape index (κ3) is 5.87. The predicted octanol–water partition coefficient (Wildman–Crippen LogP) is 1.68. The number of hydrogen-bond donors (Lipinski definition) is 2. The first-order chi connectivity index (χ1) is 12.8. The molecule has 0 saturated carbocycles. The lowest BCUT2D eigenvalue weighted by atomic mass is 9.90. The van der Waals surface area contributed by atoms with Crippen LogP contribution in [0.2, 0.25) is 0 Å². The third-order valence-corrected chi connectivity index (χ3v) is 4.55. The van der Waals surface area contributed by atoms with Gasteiger partial charge in [-0.15, -0.1) is 0 Å². The van der Waals surface area contributed by atoms with E-state index in [1.165, 1.54) is 0 Å². The first-order valence-corrected chi connectivity index (χ1v) is 8.97. The van der Waals surface area contributed by atoms with Crippen molar-refractivity contribution in [3.63, 3.8) is 0 Å². The van der Waals surface area contributed by atoms with Gasteiger partial charge in [0, 0.05) is 19.6 Å². The molecule has 0 radical (unpaired) electrons. The number of carboxylic acids is 1. The highest BCUT2D eigenvalue weighted by Crippen LogP contribution is 2.29. The molecule has 27 heavy (non-hydrogen) atoms. The van der Waals surface area contributed by atoms with Crippen molar-refractivity contribution < 1.29 is 29.0 Å². The highest BCUT2D eigenvalue weighted by Gasteiger charge is 2.42. The lowest BCUT2D eigenvalue weighted by molar-refractivity contribution is -0.147. The first-order valence-electron chi connectivity index (χ1n) is 8.97. The average molecular weight is 378 g/mol. The van der Waals surface area contributed by atoms with Crippen molar-refractivity contribution in [2.24, 2.45) is 5.41 Å². The van der Waals surface area contributed by atoms with Gasteiger partial charge in [-0.2, -0.15) is 0 Å². The topological polar surface area (TPSA) is 105 Å². The van der Waals surface area contributed by atoms with E-state index in [9.17, 15) is 19.5 Å². The number of esters is 1. The van der Waals surface area contributed by atoms with E-state index in [2.05, 4.69) is 5.32 Å². The number of rotatable bonds is 8. The van der Waals surface area contributed by atoms with E-state index in [1.54, 1.807) is 30.9 Å². The normalized spacial score (nSPS) is 18.8. The van der Waals surface area contributed by atoms with E-state index >= 15 is 0 Å². The van der Waals surface area contributed by atoms with Crippen LogP contribution in [-0.2, 0) is 20.7 Å². The van der Waals surface area contributed by atoms with Crippen molar-refractivity contribution in [2.45, 2.75) is 26.7 Å². The van der Waals surface area contributed by atoms with Gasteiger partial charge >= 0.3 is 18.0 Å². The van der Waals surface area contributed by atoms with Crippen LogP contribution < -0.4 is 10.1 Å². The molecule has 1 saturated heterocycles. The molecule has 1 aliphatic rings. The highest BCUT2D eigenvalue weighted by molar-refractivity contribution is 5.79. The van der Waals surface area contributed by atoms with E-state index < -0.39 is 17.4 Å². The van der Waals surface area contributed by atoms with Gasteiger partial charge in [0.25, 0.3) is 0 Å². The molecule has 8 heteroatoms. The number of nitrogens with one attached hydrogen (secondary N) is 1. The Morgan fingerprint density at radius 3 is 2.56 bits per heavy atom. The summed E-state index contributed by atoms with van der Waals surface area (Å²) in [6, 6.07) is 7.01. The molecule has 1 unspecified atom stereocenters. The Bertz CT molecular complexity index is 675. The number of likely N-dealkylation sites (tertiary alicyclic amines) is 1. The minimum atomic E-state index is -0.872. The zero-order valence-corrected chi connectivity index (χ0v) is 15.7. The van der Waals surface area contributed by atoms with Gasteiger partial charge in [0.1, 0.15) is 5.75 Å². The molecule has 1 fully saturated rings. The quantitative estimate of drug-likeness (QED) is 0.667. The second-order valence-electron chi connectivity index (χ2n) is 6.76. The number of benzene rings is 1. The summed E-state index contributed by atoms with van der Waals surface area (Å²) >= 11 is 0. The maximum atomic E-state index is 12.2. The largest absolute Gasteiger partial charge is 0.482 e. The van der Waals surface area contributed by atoms with Gasteiger partial charge in [-0.1, -0.05) is 12.1 Å². The molecule has 0 aromatic heterocycles. The summed E-state index contributed by atoms with van der Waals surface area (Å²) in [7, 11) is 0. The Morgan fingerprint density at radius 2 is 1.96 bits per heavy atom. The number of ether oxygens (including phenoxy) is 2. The smallest absolute Gasteiger partial charge is 0.344 e. The summed E-state index contributed by atoms with van der Waals surface area (Å²) < 4.78 is 10.1. The number of carbonyl (C=O) groups is 3. The molecule has 148 valence electrons. The van der Waals surface area contributed by atoms with Crippen LogP contribution in [0.4, 0.5) is 4.79 Å². The second-order valence-corrected chi connectivity index (χ2v) is 6.76. The van der Waals surface area contributed by atoms with Gasteiger partial charge in [-0.05, 0) is 44.4 Å². The van der Waals surface area contributed by atoms with Crippen LogP contribution in [0.3, 0.4) is 0 Å². The predicted molar refractivity (Wildman–Crippen MR) is 97.6 cm³/mol. The Labute approximate surface area is 158 Å². The molecular weight excluding hydrogens is 352 g/mol. The van der Waals surface area contributed by atoms with Crippen LogP contribution in [0.25, 0.3) is 0 Å². The van der Waals surface area contributed by atoms with Crippen molar-refractivity contribution in [2.75, 3.05) is 32.8 Å². The zero-order valence-electron chi connectivity index (χ0n) is 15.7. The summed E-state index contributed by atoms with van der Waals surface area (Å²) in [6.07, 6.45) is 1.09. The Kier molecular flexibility index (Phi) is 7.04. The minimum Gasteiger partial charge on any atom is -0.482 e. The molecule has 0 bridgehead atoms. The number of amides is 2. The van der Waals surface area contributed by atoms with Gasteiger partial charge in [-0.25, -0.2) is 9.59 Å². The molecular formula is C19H26N2O6. The van der Waals surface area contributed by atoms with Gasteiger partial charge in [0.15, 0.2) is 6.61 Å². The van der Waals surface area contributed by atoms with Gasteiger partial charge in [-0.3, -0.25) is 4.79 Å². The number of urea groups is 1. The number of aliphatic carboxylic acids is 1. The average Bonchev–Trinajstić information content (AvgIpc) is 3.05. The number of hydrogen-bond acceptors (Lipinski definition) is 5. The van der Waals surface area contributed by atoms with Crippen LogP contribution in [0.5, 0.6) is 5.75 Å². The van der Waals surface area contributed by atoms with Gasteiger partial charge < -0.3 is 24.8 Å². The molecule has 0 spiro atoms. The molecule has 1 aromatic rings. The molecule has 2 amide bonds. The van der Waals surface area contributed by atoms with E-state index in [0.29, 0.717) is 38.3 Å². The highest BCUT2D eigenvalue weighted by atomic mass is 16.6. The fraction of sp³-hybridized carbons (Fsp3) is 0.526. The van der Waals surface area contributed by atoms with E-state index in [-0.39, 0.29) is 19.2 Å². The molecule has 1 aromatic carbocycles. The molecule has 8 nitrogen and oxygen atoms in total. The number of carboxylic acid groups (broad SMARTS) is 1. The summed E-state index contributed by atoms with van der Waals surface area (Å²) in [4.78, 5) is 36.2. The number of carbonyl (C=O) groups excluding carboxylic acids is 2. The van der Waals surface area contributed by atoms with E-state index in [0.717, 1.165) is 5.56 Å². The van der Waals surface area contributed by atoms with Crippen molar-refractivity contribution in [3.05, 3.63) is 29.8 Å². The molecule has 1 atom stereocenters. The zero-order chi connectivity index (χ0) is 19.9. The Hall–Kier alpha value is -2.77. The van der Waals surface area contributed by atoms with E-state index in [4.69, 9.17) is 9.47 Å². The third-order valence-electron chi connectivity index (χ3n) is 4.55. The number of nitrogens with zero attached hydrogens (tertiary/aromatic N) is 1. The van der Waals surface area contributed by atoms with Crippen molar-refractivity contribution >= 4 is 18.0 Å². The minimum absolute atomic E-state index is 0.131. The lowest BCUT2D eigenvalue weighted by Gasteiger charge is -2.20. The summed E-state index contributed by atoms with van der Waals surface area (Å²) in [6.45, 7) is 4.70. The van der Waals surface area contributed by atoms with Crippen LogP contribution in [0.1, 0.15) is 25.8 Å². The molecule has 2 rings (SSSR count). The monoisotopic (exact) mass is 378 g/mol. The van der Waals surface area contributed by atoms with Crippen LogP contribution in [0, 0.1) is 5.41 Å².